The Morgan fingerprint density at radius 2 is 2.31 bits per heavy atom. The molecule has 1 heterocycles. The molecule has 3 N–H and O–H groups in total. The molecule has 1 aromatic rings. The van der Waals surface area contributed by atoms with Crippen LogP contribution in [0.2, 0.25) is 0 Å². The molecule has 0 radical (unpaired) electrons. The van der Waals surface area contributed by atoms with Gasteiger partial charge in [-0.2, -0.15) is 0 Å². The Balaban J connectivity index is 2.99. The largest absolute Gasteiger partial charge is 0.507 e. The summed E-state index contributed by atoms with van der Waals surface area (Å²) in [6.07, 6.45) is 0. The van der Waals surface area contributed by atoms with Gasteiger partial charge in [0.25, 0.3) is 5.56 Å². The summed E-state index contributed by atoms with van der Waals surface area (Å²) in [6.45, 7) is 1.68. The topological polar surface area (TPSA) is 73.3 Å². The van der Waals surface area contributed by atoms with Gasteiger partial charge in [0.1, 0.15) is 10.6 Å². The minimum Gasteiger partial charge on any atom is -0.507 e. The van der Waals surface area contributed by atoms with E-state index < -0.39 is 0 Å². The number of aromatic hydroxyl groups is 1. The Morgan fingerprint density at radius 1 is 1.62 bits per heavy atom. The van der Waals surface area contributed by atoms with Gasteiger partial charge >= 0.3 is 0 Å². The van der Waals surface area contributed by atoms with Gasteiger partial charge in [0.05, 0.1) is 6.61 Å². The van der Waals surface area contributed by atoms with Crippen molar-refractivity contribution in [1.29, 1.82) is 0 Å². The highest BCUT2D eigenvalue weighted by Gasteiger charge is 2.06. The van der Waals surface area contributed by atoms with E-state index in [2.05, 4.69) is 4.98 Å². The lowest BCUT2D eigenvalue weighted by Crippen LogP contribution is -2.10. The smallest absolute Gasteiger partial charge is 0.265 e. The molecule has 72 valence electrons. The number of hydrogen-bond acceptors (Lipinski definition) is 4. The minimum atomic E-state index is -0.309. The average Bonchev–Trinajstić information content (AvgIpc) is 2.02. The summed E-state index contributed by atoms with van der Waals surface area (Å²) in [5.74, 6) is 0.374. The Hall–Kier alpha value is -0.940. The fraction of sp³-hybridized carbons (Fsp3) is 0.375. The molecule has 0 aromatic carbocycles. The zero-order valence-corrected chi connectivity index (χ0v) is 8.02. The van der Waals surface area contributed by atoms with Crippen molar-refractivity contribution < 1.29 is 10.2 Å². The van der Waals surface area contributed by atoms with E-state index in [1.165, 1.54) is 6.07 Å². The van der Waals surface area contributed by atoms with Gasteiger partial charge in [-0.3, -0.25) is 4.79 Å². The Labute approximate surface area is 79.6 Å². The first-order valence-electron chi connectivity index (χ1n) is 3.81. The number of hydrogen-bond donors (Lipinski definition) is 3. The summed E-state index contributed by atoms with van der Waals surface area (Å²) in [5, 5.41) is 17.9. The molecule has 1 rings (SSSR count). The number of pyridine rings is 1. The van der Waals surface area contributed by atoms with E-state index in [1.807, 2.05) is 0 Å². The van der Waals surface area contributed by atoms with Crippen molar-refractivity contribution >= 4 is 11.8 Å². The molecule has 0 fully saturated rings. The second-order valence-electron chi connectivity index (χ2n) is 2.57. The number of aromatic nitrogens is 1. The molecule has 4 nitrogen and oxygen atoms in total. The monoisotopic (exact) mass is 201 g/mol. The lowest BCUT2D eigenvalue weighted by Gasteiger charge is -2.02. The quantitative estimate of drug-likeness (QED) is 0.622. The van der Waals surface area contributed by atoms with Crippen LogP contribution in [-0.2, 0) is 0 Å². The number of aliphatic hydroxyl groups excluding tert-OH is 1. The van der Waals surface area contributed by atoms with Crippen molar-refractivity contribution in [2.75, 3.05) is 12.4 Å². The third kappa shape index (κ3) is 2.50. The molecule has 0 saturated carbocycles. The molecule has 0 amide bonds. The Kier molecular flexibility index (Phi) is 3.39. The lowest BCUT2D eigenvalue weighted by atomic mass is 10.3. The normalized spacial score (nSPS) is 10.3. The van der Waals surface area contributed by atoms with Gasteiger partial charge < -0.3 is 15.2 Å². The van der Waals surface area contributed by atoms with Crippen molar-refractivity contribution in [1.82, 2.24) is 4.98 Å². The van der Waals surface area contributed by atoms with E-state index >= 15 is 0 Å². The third-order valence-corrected chi connectivity index (χ3v) is 2.51. The predicted octanol–water partition coefficient (Wildman–Crippen LogP) is 0.473. The SMILES string of the molecule is Cc1cc(O)c(SCCO)c(=O)[nH]1. The van der Waals surface area contributed by atoms with E-state index in [0.717, 1.165) is 11.8 Å². The fourth-order valence-corrected chi connectivity index (χ4v) is 1.63. The van der Waals surface area contributed by atoms with E-state index in [0.29, 0.717) is 11.4 Å². The second kappa shape index (κ2) is 4.34. The first-order chi connectivity index (χ1) is 6.15. The maximum absolute atomic E-state index is 11.2. The van der Waals surface area contributed by atoms with Crippen LogP contribution in [0.15, 0.2) is 15.8 Å². The van der Waals surface area contributed by atoms with Crippen molar-refractivity contribution in [2.45, 2.75) is 11.8 Å². The molecular weight excluding hydrogens is 190 g/mol. The lowest BCUT2D eigenvalue weighted by molar-refractivity contribution is 0.322. The second-order valence-corrected chi connectivity index (χ2v) is 3.67. The number of aryl methyl sites for hydroxylation is 1. The van der Waals surface area contributed by atoms with Crippen LogP contribution >= 0.6 is 11.8 Å². The molecule has 0 saturated heterocycles. The maximum Gasteiger partial charge on any atom is 0.265 e. The molecular formula is C8H11NO3S. The van der Waals surface area contributed by atoms with Gasteiger partial charge in [0, 0.05) is 17.5 Å². The summed E-state index contributed by atoms with van der Waals surface area (Å²) in [7, 11) is 0. The molecule has 0 bridgehead atoms. The maximum atomic E-state index is 11.2. The summed E-state index contributed by atoms with van der Waals surface area (Å²) in [6, 6.07) is 1.49. The minimum absolute atomic E-state index is 0.0164. The van der Waals surface area contributed by atoms with Crippen LogP contribution in [0.4, 0.5) is 0 Å². The van der Waals surface area contributed by atoms with Gasteiger partial charge in [-0.15, -0.1) is 11.8 Å². The molecule has 1 aromatic heterocycles. The first-order valence-corrected chi connectivity index (χ1v) is 4.80. The highest BCUT2D eigenvalue weighted by molar-refractivity contribution is 7.99. The van der Waals surface area contributed by atoms with Crippen LogP contribution in [-0.4, -0.2) is 27.6 Å². The molecule has 0 aliphatic heterocycles. The van der Waals surface area contributed by atoms with Crippen molar-refractivity contribution in [3.05, 3.63) is 22.1 Å². The van der Waals surface area contributed by atoms with Crippen LogP contribution in [0.1, 0.15) is 5.69 Å². The molecule has 0 atom stereocenters. The zero-order chi connectivity index (χ0) is 9.84. The van der Waals surface area contributed by atoms with Crippen LogP contribution in [0.25, 0.3) is 0 Å². The summed E-state index contributed by atoms with van der Waals surface area (Å²) < 4.78 is 0. The molecule has 0 unspecified atom stereocenters. The van der Waals surface area contributed by atoms with Crippen molar-refractivity contribution in [3.8, 4) is 5.75 Å². The molecule has 0 spiro atoms. The van der Waals surface area contributed by atoms with Crippen LogP contribution < -0.4 is 5.56 Å². The number of thioether (sulfide) groups is 1. The highest BCUT2D eigenvalue weighted by Crippen LogP contribution is 2.23. The third-order valence-electron chi connectivity index (χ3n) is 1.44. The Bertz CT molecular complexity index is 348. The van der Waals surface area contributed by atoms with Gasteiger partial charge in [-0.05, 0) is 6.92 Å². The summed E-state index contributed by atoms with van der Waals surface area (Å²) in [5.41, 5.74) is 0.312. The van der Waals surface area contributed by atoms with Gasteiger partial charge in [0.2, 0.25) is 0 Å². The van der Waals surface area contributed by atoms with E-state index in [-0.39, 0.29) is 22.8 Å². The van der Waals surface area contributed by atoms with Gasteiger partial charge in [0.15, 0.2) is 0 Å². The van der Waals surface area contributed by atoms with Crippen LogP contribution in [0, 0.1) is 6.92 Å². The number of nitrogens with one attached hydrogen (secondary N) is 1. The standard InChI is InChI=1S/C8H11NO3S/c1-5-4-6(11)7(8(12)9-5)13-3-2-10/h4,10H,2-3H2,1H3,(H2,9,11,12). The van der Waals surface area contributed by atoms with E-state index in [9.17, 15) is 9.90 Å². The molecule has 5 heteroatoms. The summed E-state index contributed by atoms with van der Waals surface area (Å²) in [4.78, 5) is 14.1. The van der Waals surface area contributed by atoms with Crippen LogP contribution in [0.5, 0.6) is 5.75 Å². The number of aliphatic hydroxyl groups is 1. The highest BCUT2D eigenvalue weighted by atomic mass is 32.2. The zero-order valence-electron chi connectivity index (χ0n) is 7.20. The fourth-order valence-electron chi connectivity index (χ4n) is 0.946. The predicted molar refractivity (Wildman–Crippen MR) is 51.3 cm³/mol. The van der Waals surface area contributed by atoms with Gasteiger partial charge in [-0.1, -0.05) is 0 Å². The molecule has 13 heavy (non-hydrogen) atoms. The molecule has 0 aliphatic carbocycles. The first kappa shape index (κ1) is 10.1. The Morgan fingerprint density at radius 3 is 2.85 bits per heavy atom. The van der Waals surface area contributed by atoms with E-state index in [4.69, 9.17) is 5.11 Å². The molecule has 0 aliphatic rings. The number of aromatic amines is 1. The summed E-state index contributed by atoms with van der Waals surface area (Å²) >= 11 is 1.14. The average molecular weight is 201 g/mol. The van der Waals surface area contributed by atoms with E-state index in [1.54, 1.807) is 6.92 Å². The van der Waals surface area contributed by atoms with Crippen molar-refractivity contribution in [3.63, 3.8) is 0 Å². The number of H-pyrrole nitrogens is 1. The van der Waals surface area contributed by atoms with Crippen molar-refractivity contribution in [2.24, 2.45) is 0 Å². The van der Waals surface area contributed by atoms with Gasteiger partial charge in [-0.25, -0.2) is 0 Å². The number of rotatable bonds is 3. The van der Waals surface area contributed by atoms with Crippen LogP contribution in [0.3, 0.4) is 0 Å².